The lowest BCUT2D eigenvalue weighted by molar-refractivity contribution is 0.601. The highest BCUT2D eigenvalue weighted by molar-refractivity contribution is 7.92. The van der Waals surface area contributed by atoms with Gasteiger partial charge in [0.1, 0.15) is 4.90 Å². The van der Waals surface area contributed by atoms with Gasteiger partial charge in [-0.15, -0.1) is 0 Å². The van der Waals surface area contributed by atoms with Crippen LogP contribution in [0.15, 0.2) is 41.6 Å². The van der Waals surface area contributed by atoms with E-state index in [1.807, 2.05) is 12.1 Å². The van der Waals surface area contributed by atoms with E-state index in [2.05, 4.69) is 15.0 Å². The molecule has 0 fully saturated rings. The zero-order valence-electron chi connectivity index (χ0n) is 10.3. The Labute approximate surface area is 112 Å². The molecule has 1 aliphatic heterocycles. The minimum Gasteiger partial charge on any atom is -0.385 e. The summed E-state index contributed by atoms with van der Waals surface area (Å²) in [5.74, 6) is 0. The highest BCUT2D eigenvalue weighted by Gasteiger charge is 2.16. The van der Waals surface area contributed by atoms with Gasteiger partial charge in [-0.25, -0.2) is 8.42 Å². The zero-order chi connectivity index (χ0) is 13.3. The van der Waals surface area contributed by atoms with Gasteiger partial charge in [-0.05, 0) is 42.7 Å². The van der Waals surface area contributed by atoms with Gasteiger partial charge in [-0.3, -0.25) is 4.72 Å². The second kappa shape index (κ2) is 4.62. The van der Waals surface area contributed by atoms with E-state index in [0.717, 1.165) is 30.6 Å². The van der Waals surface area contributed by atoms with Crippen molar-refractivity contribution in [1.82, 2.24) is 4.98 Å². The summed E-state index contributed by atoms with van der Waals surface area (Å²) in [6.45, 7) is 0.974. The number of hydrogen-bond donors (Lipinski definition) is 3. The molecule has 5 nitrogen and oxygen atoms in total. The molecule has 1 aliphatic rings. The van der Waals surface area contributed by atoms with Gasteiger partial charge < -0.3 is 10.3 Å². The summed E-state index contributed by atoms with van der Waals surface area (Å²) in [7, 11) is -3.50. The molecular formula is C13H15N3O2S. The molecule has 0 saturated carbocycles. The van der Waals surface area contributed by atoms with Crippen LogP contribution in [-0.4, -0.2) is 19.9 Å². The van der Waals surface area contributed by atoms with E-state index >= 15 is 0 Å². The topological polar surface area (TPSA) is 74.0 Å². The summed E-state index contributed by atoms with van der Waals surface area (Å²) in [5, 5.41) is 3.30. The number of aryl methyl sites for hydroxylation is 1. The van der Waals surface area contributed by atoms with E-state index in [9.17, 15) is 8.42 Å². The third-order valence-electron chi connectivity index (χ3n) is 3.18. The third kappa shape index (κ3) is 2.44. The molecule has 2 aromatic rings. The summed E-state index contributed by atoms with van der Waals surface area (Å²) >= 11 is 0. The predicted octanol–water partition coefficient (Wildman–Crippen LogP) is 2.17. The molecule has 0 radical (unpaired) electrons. The van der Waals surface area contributed by atoms with Crippen LogP contribution in [0.5, 0.6) is 0 Å². The largest absolute Gasteiger partial charge is 0.385 e. The van der Waals surface area contributed by atoms with Crippen molar-refractivity contribution >= 4 is 21.4 Å². The molecule has 0 aliphatic carbocycles. The van der Waals surface area contributed by atoms with Crippen LogP contribution in [0.1, 0.15) is 12.0 Å². The molecule has 1 aromatic heterocycles. The van der Waals surface area contributed by atoms with Crippen LogP contribution in [0.3, 0.4) is 0 Å². The SMILES string of the molecule is O=S(=O)(Nc1ccc2c(c1)CCCN2)c1cc[nH]c1. The van der Waals surface area contributed by atoms with Crippen molar-refractivity contribution < 1.29 is 8.42 Å². The maximum atomic E-state index is 12.1. The van der Waals surface area contributed by atoms with Crippen LogP contribution in [0, 0.1) is 0 Å². The molecule has 19 heavy (non-hydrogen) atoms. The Hall–Kier alpha value is -1.95. The van der Waals surface area contributed by atoms with Gasteiger partial charge in [0.15, 0.2) is 0 Å². The summed E-state index contributed by atoms with van der Waals surface area (Å²) in [5.41, 5.74) is 2.85. The van der Waals surface area contributed by atoms with Crippen molar-refractivity contribution in [2.24, 2.45) is 0 Å². The minimum absolute atomic E-state index is 0.239. The van der Waals surface area contributed by atoms with Gasteiger partial charge in [0.25, 0.3) is 10.0 Å². The first-order valence-corrected chi connectivity index (χ1v) is 7.66. The van der Waals surface area contributed by atoms with E-state index < -0.39 is 10.0 Å². The standard InChI is InChI=1S/C13H15N3O2S/c17-19(18,12-5-7-14-9-12)16-11-3-4-13-10(8-11)2-1-6-15-13/h3-5,7-9,14-16H,1-2,6H2. The maximum absolute atomic E-state index is 12.1. The smallest absolute Gasteiger partial charge is 0.263 e. The number of aromatic nitrogens is 1. The van der Waals surface area contributed by atoms with Crippen LogP contribution in [-0.2, 0) is 16.4 Å². The fourth-order valence-corrected chi connectivity index (χ4v) is 3.25. The van der Waals surface area contributed by atoms with Gasteiger partial charge >= 0.3 is 0 Å². The van der Waals surface area contributed by atoms with E-state index in [1.54, 1.807) is 12.3 Å². The Kier molecular flexibility index (Phi) is 2.94. The van der Waals surface area contributed by atoms with Gasteiger partial charge in [-0.1, -0.05) is 0 Å². The lowest BCUT2D eigenvalue weighted by Gasteiger charge is -2.19. The quantitative estimate of drug-likeness (QED) is 0.805. The molecule has 0 unspecified atom stereocenters. The van der Waals surface area contributed by atoms with Crippen LogP contribution in [0.2, 0.25) is 0 Å². The van der Waals surface area contributed by atoms with E-state index in [-0.39, 0.29) is 4.90 Å². The minimum atomic E-state index is -3.50. The van der Waals surface area contributed by atoms with E-state index in [0.29, 0.717) is 5.69 Å². The molecule has 100 valence electrons. The molecule has 0 atom stereocenters. The van der Waals surface area contributed by atoms with Gasteiger partial charge in [-0.2, -0.15) is 0 Å². The fraction of sp³-hybridized carbons (Fsp3) is 0.231. The Balaban J connectivity index is 1.88. The van der Waals surface area contributed by atoms with E-state index in [1.165, 1.54) is 12.3 Å². The summed E-state index contributed by atoms with van der Waals surface area (Å²) in [4.78, 5) is 2.98. The van der Waals surface area contributed by atoms with Crippen molar-refractivity contribution in [2.75, 3.05) is 16.6 Å². The molecule has 0 spiro atoms. The molecule has 0 amide bonds. The average Bonchev–Trinajstić information content (AvgIpc) is 2.93. The molecular weight excluding hydrogens is 262 g/mol. The van der Waals surface area contributed by atoms with Crippen LogP contribution in [0.25, 0.3) is 0 Å². The molecule has 6 heteroatoms. The highest BCUT2D eigenvalue weighted by Crippen LogP contribution is 2.26. The predicted molar refractivity (Wildman–Crippen MR) is 74.9 cm³/mol. The first-order chi connectivity index (χ1) is 9.15. The number of H-pyrrole nitrogens is 1. The monoisotopic (exact) mass is 277 g/mol. The number of hydrogen-bond acceptors (Lipinski definition) is 3. The van der Waals surface area contributed by atoms with Crippen molar-refractivity contribution in [3.05, 3.63) is 42.2 Å². The summed E-state index contributed by atoms with van der Waals surface area (Å²) in [6, 6.07) is 7.12. The van der Waals surface area contributed by atoms with Gasteiger partial charge in [0.2, 0.25) is 0 Å². The molecule has 0 bridgehead atoms. The van der Waals surface area contributed by atoms with Crippen LogP contribution in [0.4, 0.5) is 11.4 Å². The van der Waals surface area contributed by atoms with Gasteiger partial charge in [0.05, 0.1) is 0 Å². The Morgan fingerprint density at radius 1 is 1.21 bits per heavy atom. The first kappa shape index (κ1) is 12.1. The zero-order valence-corrected chi connectivity index (χ0v) is 11.1. The Morgan fingerprint density at radius 2 is 2.11 bits per heavy atom. The molecule has 3 N–H and O–H groups in total. The van der Waals surface area contributed by atoms with Gasteiger partial charge in [0, 0.05) is 30.3 Å². The number of fused-ring (bicyclic) bond motifs is 1. The third-order valence-corrected chi connectivity index (χ3v) is 4.55. The molecule has 1 aromatic carbocycles. The average molecular weight is 277 g/mol. The second-order valence-electron chi connectivity index (χ2n) is 4.55. The van der Waals surface area contributed by atoms with Crippen LogP contribution < -0.4 is 10.0 Å². The Bertz CT molecular complexity index is 678. The number of sulfonamides is 1. The summed E-state index contributed by atoms with van der Waals surface area (Å²) < 4.78 is 26.8. The molecule has 0 saturated heterocycles. The number of benzene rings is 1. The molecule has 3 rings (SSSR count). The van der Waals surface area contributed by atoms with Crippen molar-refractivity contribution in [3.63, 3.8) is 0 Å². The lowest BCUT2D eigenvalue weighted by atomic mass is 10.0. The normalized spacial score (nSPS) is 14.5. The van der Waals surface area contributed by atoms with Crippen molar-refractivity contribution in [3.8, 4) is 0 Å². The maximum Gasteiger partial charge on any atom is 0.263 e. The lowest BCUT2D eigenvalue weighted by Crippen LogP contribution is -2.14. The van der Waals surface area contributed by atoms with Crippen LogP contribution >= 0.6 is 0 Å². The number of anilines is 2. The summed E-state index contributed by atoms with van der Waals surface area (Å²) in [6.07, 6.45) is 5.09. The second-order valence-corrected chi connectivity index (χ2v) is 6.24. The van der Waals surface area contributed by atoms with Crippen molar-refractivity contribution in [2.45, 2.75) is 17.7 Å². The highest BCUT2D eigenvalue weighted by atomic mass is 32.2. The fourth-order valence-electron chi connectivity index (χ4n) is 2.23. The number of rotatable bonds is 3. The molecule has 2 heterocycles. The first-order valence-electron chi connectivity index (χ1n) is 6.17. The number of aromatic amines is 1. The number of nitrogens with one attached hydrogen (secondary N) is 3. The Morgan fingerprint density at radius 3 is 2.89 bits per heavy atom. The van der Waals surface area contributed by atoms with E-state index in [4.69, 9.17) is 0 Å². The van der Waals surface area contributed by atoms with Crippen molar-refractivity contribution in [1.29, 1.82) is 0 Å².